The average molecular weight is 485 g/mol. The van der Waals surface area contributed by atoms with Gasteiger partial charge in [-0.25, -0.2) is 4.79 Å². The molecule has 1 amide bonds. The van der Waals surface area contributed by atoms with Crippen molar-refractivity contribution in [2.75, 3.05) is 18.5 Å². The molecule has 1 aliphatic heterocycles. The van der Waals surface area contributed by atoms with E-state index < -0.39 is 18.0 Å². The van der Waals surface area contributed by atoms with Crippen molar-refractivity contribution in [1.82, 2.24) is 4.57 Å². The van der Waals surface area contributed by atoms with Gasteiger partial charge in [0.1, 0.15) is 18.9 Å². The molecular weight excluding hydrogens is 460 g/mol. The molecule has 182 valence electrons. The molecule has 4 aromatic rings. The van der Waals surface area contributed by atoms with Crippen LogP contribution in [0, 0.1) is 0 Å². The number of carbonyl (C=O) groups excluding carboxylic acids is 2. The first-order chi connectivity index (χ1) is 17.4. The van der Waals surface area contributed by atoms with Crippen molar-refractivity contribution < 1.29 is 23.8 Å². The van der Waals surface area contributed by atoms with Crippen LogP contribution in [0.2, 0.25) is 0 Å². The third kappa shape index (κ3) is 4.29. The molecule has 0 radical (unpaired) electrons. The molecule has 1 N–H and O–H groups in total. The molecular formula is C28H24N2O6. The summed E-state index contributed by atoms with van der Waals surface area (Å²) in [5.41, 5.74) is 1.55. The molecule has 8 heteroatoms. The summed E-state index contributed by atoms with van der Waals surface area (Å²) in [6, 6.07) is 21.5. The van der Waals surface area contributed by atoms with Crippen molar-refractivity contribution in [3.05, 3.63) is 88.8 Å². The fraction of sp³-hybridized carbons (Fsp3) is 0.179. The van der Waals surface area contributed by atoms with E-state index in [1.54, 1.807) is 36.4 Å². The molecule has 0 spiro atoms. The molecule has 36 heavy (non-hydrogen) atoms. The highest BCUT2D eigenvalue weighted by Crippen LogP contribution is 2.33. The number of carbonyl (C=O) groups is 2. The first-order valence-corrected chi connectivity index (χ1v) is 11.5. The second-order valence-electron chi connectivity index (χ2n) is 8.39. The number of fused-ring (bicyclic) bond motifs is 2. The van der Waals surface area contributed by atoms with Crippen LogP contribution in [0.3, 0.4) is 0 Å². The Balaban J connectivity index is 1.45. The van der Waals surface area contributed by atoms with E-state index >= 15 is 0 Å². The minimum Gasteiger partial charge on any atom is -0.486 e. The molecule has 3 aromatic carbocycles. The average Bonchev–Trinajstić information content (AvgIpc) is 2.90. The number of ether oxygens (including phenoxy) is 3. The van der Waals surface area contributed by atoms with E-state index in [4.69, 9.17) is 14.2 Å². The molecule has 0 saturated carbocycles. The lowest BCUT2D eigenvalue weighted by Gasteiger charge is -2.20. The van der Waals surface area contributed by atoms with Crippen molar-refractivity contribution in [3.8, 4) is 22.6 Å². The fourth-order valence-corrected chi connectivity index (χ4v) is 4.24. The maximum atomic E-state index is 13.4. The van der Waals surface area contributed by atoms with Crippen LogP contribution < -0.4 is 20.3 Å². The summed E-state index contributed by atoms with van der Waals surface area (Å²) in [7, 11) is 1.53. The Kier molecular flexibility index (Phi) is 6.16. The van der Waals surface area contributed by atoms with Crippen molar-refractivity contribution >= 4 is 28.3 Å². The summed E-state index contributed by atoms with van der Waals surface area (Å²) in [4.78, 5) is 39.3. The van der Waals surface area contributed by atoms with Crippen LogP contribution in [-0.2, 0) is 16.6 Å². The van der Waals surface area contributed by atoms with E-state index in [0.29, 0.717) is 46.7 Å². The number of aromatic nitrogens is 1. The number of anilines is 1. The van der Waals surface area contributed by atoms with E-state index in [0.717, 1.165) is 5.56 Å². The highest BCUT2D eigenvalue weighted by Gasteiger charge is 2.26. The molecule has 2 heterocycles. The number of pyridine rings is 1. The van der Waals surface area contributed by atoms with Gasteiger partial charge in [-0.3, -0.25) is 9.59 Å². The number of nitrogens with one attached hydrogen (secondary N) is 1. The highest BCUT2D eigenvalue weighted by atomic mass is 16.6. The monoisotopic (exact) mass is 484 g/mol. The van der Waals surface area contributed by atoms with Gasteiger partial charge < -0.3 is 24.1 Å². The third-order valence-corrected chi connectivity index (χ3v) is 6.02. The summed E-state index contributed by atoms with van der Waals surface area (Å²) in [6.07, 6.45) is -1.13. The van der Waals surface area contributed by atoms with E-state index in [1.165, 1.54) is 18.5 Å². The second-order valence-corrected chi connectivity index (χ2v) is 8.39. The van der Waals surface area contributed by atoms with Gasteiger partial charge in [-0.15, -0.1) is 0 Å². The summed E-state index contributed by atoms with van der Waals surface area (Å²) >= 11 is 0. The largest absolute Gasteiger partial charge is 0.486 e. The predicted octanol–water partition coefficient (Wildman–Crippen LogP) is 4.16. The number of hydrogen-bond donors (Lipinski definition) is 1. The number of nitrogens with zero attached hydrogens (tertiary/aromatic N) is 1. The second kappa shape index (κ2) is 9.58. The van der Waals surface area contributed by atoms with Gasteiger partial charge in [0.15, 0.2) is 17.6 Å². The third-order valence-electron chi connectivity index (χ3n) is 6.02. The first kappa shape index (κ1) is 23.2. The van der Waals surface area contributed by atoms with Crippen LogP contribution in [0.5, 0.6) is 11.5 Å². The molecule has 1 atom stereocenters. The van der Waals surface area contributed by atoms with Gasteiger partial charge in [-0.1, -0.05) is 48.5 Å². The Bertz CT molecular complexity index is 1530. The topological polar surface area (TPSA) is 95.9 Å². The minimum absolute atomic E-state index is 0.0730. The van der Waals surface area contributed by atoms with Gasteiger partial charge in [0.2, 0.25) is 0 Å². The number of benzene rings is 3. The van der Waals surface area contributed by atoms with Crippen LogP contribution >= 0.6 is 0 Å². The van der Waals surface area contributed by atoms with Crippen LogP contribution in [0.4, 0.5) is 5.69 Å². The molecule has 1 unspecified atom stereocenters. The lowest BCUT2D eigenvalue weighted by molar-refractivity contribution is -0.123. The van der Waals surface area contributed by atoms with Crippen LogP contribution in [-0.4, -0.2) is 35.8 Å². The van der Waals surface area contributed by atoms with Gasteiger partial charge in [0, 0.05) is 29.8 Å². The van der Waals surface area contributed by atoms with Crippen molar-refractivity contribution in [2.24, 2.45) is 7.05 Å². The lowest BCUT2D eigenvalue weighted by atomic mass is 9.97. The number of rotatable bonds is 5. The van der Waals surface area contributed by atoms with Crippen molar-refractivity contribution in [3.63, 3.8) is 0 Å². The molecule has 1 aromatic heterocycles. The molecule has 5 rings (SSSR count). The van der Waals surface area contributed by atoms with Gasteiger partial charge >= 0.3 is 5.97 Å². The highest BCUT2D eigenvalue weighted by molar-refractivity contribution is 6.07. The van der Waals surface area contributed by atoms with Gasteiger partial charge in [0.25, 0.3) is 11.5 Å². The number of esters is 1. The Morgan fingerprint density at radius 3 is 2.33 bits per heavy atom. The standard InChI is InChI=1S/C28H24N2O6/c1-17(26(31)29-19-12-13-22-23(16-19)35-15-14-34-22)36-28(33)25-24(18-8-4-3-5-9-18)20-10-6-7-11-21(20)27(32)30(25)2/h3-13,16-17H,14-15H2,1-2H3,(H,29,31). The van der Waals surface area contributed by atoms with Crippen LogP contribution in [0.25, 0.3) is 21.9 Å². The Hall–Kier alpha value is -4.59. The quantitative estimate of drug-likeness (QED) is 0.428. The summed E-state index contributed by atoms with van der Waals surface area (Å²) in [5.74, 6) is -0.164. The normalized spacial score (nSPS) is 13.2. The van der Waals surface area contributed by atoms with Gasteiger partial charge in [-0.2, -0.15) is 0 Å². The fourth-order valence-electron chi connectivity index (χ4n) is 4.24. The van der Waals surface area contributed by atoms with Crippen molar-refractivity contribution in [1.29, 1.82) is 0 Å². The SMILES string of the molecule is CC(OC(=O)c1c(-c2ccccc2)c2ccccc2c(=O)n1C)C(=O)Nc1ccc2c(c1)OCCO2. The molecule has 0 aliphatic carbocycles. The van der Waals surface area contributed by atoms with Gasteiger partial charge in [0.05, 0.1) is 0 Å². The molecule has 1 aliphatic rings. The smallest absolute Gasteiger partial charge is 0.356 e. The van der Waals surface area contributed by atoms with Gasteiger partial charge in [-0.05, 0) is 36.1 Å². The summed E-state index contributed by atoms with van der Waals surface area (Å²) in [5, 5.41) is 3.85. The maximum Gasteiger partial charge on any atom is 0.356 e. The Labute approximate surface area is 207 Å². The first-order valence-electron chi connectivity index (χ1n) is 11.5. The molecule has 0 fully saturated rings. The minimum atomic E-state index is -1.13. The van der Waals surface area contributed by atoms with E-state index in [9.17, 15) is 14.4 Å². The lowest BCUT2D eigenvalue weighted by Crippen LogP contribution is -2.33. The zero-order valence-electron chi connectivity index (χ0n) is 19.8. The summed E-state index contributed by atoms with van der Waals surface area (Å²) in [6.45, 7) is 2.37. The Morgan fingerprint density at radius 2 is 1.58 bits per heavy atom. The van der Waals surface area contributed by atoms with E-state index in [1.807, 2.05) is 36.4 Å². The predicted molar refractivity (Wildman–Crippen MR) is 136 cm³/mol. The number of amides is 1. The zero-order valence-corrected chi connectivity index (χ0v) is 19.8. The summed E-state index contributed by atoms with van der Waals surface area (Å²) < 4.78 is 17.9. The van der Waals surface area contributed by atoms with E-state index in [-0.39, 0.29) is 11.3 Å². The molecule has 8 nitrogen and oxygen atoms in total. The maximum absolute atomic E-state index is 13.4. The molecule has 0 saturated heterocycles. The van der Waals surface area contributed by atoms with Crippen LogP contribution in [0.1, 0.15) is 17.4 Å². The molecule has 0 bridgehead atoms. The van der Waals surface area contributed by atoms with Crippen molar-refractivity contribution in [2.45, 2.75) is 13.0 Å². The van der Waals surface area contributed by atoms with E-state index in [2.05, 4.69) is 5.32 Å². The zero-order chi connectivity index (χ0) is 25.2. The number of hydrogen-bond acceptors (Lipinski definition) is 6. The van der Waals surface area contributed by atoms with Crippen LogP contribution in [0.15, 0.2) is 77.6 Å². The Morgan fingerprint density at radius 1 is 0.917 bits per heavy atom.